The molecule has 3 aromatic rings. The number of aliphatic carboxylic acids is 1. The standard InChI is InChI=1S/C28H32N4O5/c1-19-7-4-5-8-23(19)30-28(36)29-21-12-10-20(11-13-21)17-26(33)32-16-6-2-3-9-25(32)24-18-22(37-31-24)14-15-27(34)35/h4-5,7-8,10-13,18,25H,2-3,6,9,14-17H2,1H3,(H,34,35)(H2,29,30,36). The summed E-state index contributed by atoms with van der Waals surface area (Å²) < 4.78 is 5.35. The van der Waals surface area contributed by atoms with Gasteiger partial charge in [0.2, 0.25) is 5.91 Å². The number of rotatable bonds is 8. The van der Waals surface area contributed by atoms with Crippen LogP contribution in [0.4, 0.5) is 16.2 Å². The Bertz CT molecular complexity index is 1240. The molecule has 1 unspecified atom stereocenters. The minimum absolute atomic E-state index is 0.00000832. The summed E-state index contributed by atoms with van der Waals surface area (Å²) in [6, 6.07) is 16.1. The molecule has 9 heteroatoms. The molecule has 0 bridgehead atoms. The average Bonchev–Trinajstić information content (AvgIpc) is 3.21. The molecule has 0 saturated carbocycles. The fraction of sp³-hybridized carbons (Fsp3) is 0.357. The molecule has 1 atom stereocenters. The molecule has 2 heterocycles. The first kappa shape index (κ1) is 25.9. The summed E-state index contributed by atoms with van der Waals surface area (Å²) in [5.41, 5.74) is 3.87. The zero-order chi connectivity index (χ0) is 26.2. The van der Waals surface area contributed by atoms with Crippen molar-refractivity contribution in [2.75, 3.05) is 17.2 Å². The van der Waals surface area contributed by atoms with Gasteiger partial charge in [0.1, 0.15) is 11.5 Å². The first-order chi connectivity index (χ1) is 17.9. The molecule has 0 radical (unpaired) electrons. The van der Waals surface area contributed by atoms with Gasteiger partial charge in [-0.2, -0.15) is 0 Å². The summed E-state index contributed by atoms with van der Waals surface area (Å²) in [6.07, 6.45) is 4.20. The predicted molar refractivity (Wildman–Crippen MR) is 139 cm³/mol. The molecule has 4 rings (SSSR count). The van der Waals surface area contributed by atoms with Crippen molar-refractivity contribution in [3.63, 3.8) is 0 Å². The van der Waals surface area contributed by atoms with Crippen molar-refractivity contribution in [3.8, 4) is 0 Å². The Morgan fingerprint density at radius 2 is 1.84 bits per heavy atom. The number of aromatic nitrogens is 1. The number of urea groups is 1. The predicted octanol–water partition coefficient (Wildman–Crippen LogP) is 5.33. The van der Waals surface area contributed by atoms with Gasteiger partial charge in [-0.15, -0.1) is 0 Å². The van der Waals surface area contributed by atoms with E-state index in [1.54, 1.807) is 18.2 Å². The fourth-order valence-electron chi connectivity index (χ4n) is 4.53. The molecule has 0 aliphatic carbocycles. The molecule has 1 fully saturated rings. The van der Waals surface area contributed by atoms with Gasteiger partial charge in [0.15, 0.2) is 0 Å². The molecule has 0 spiro atoms. The lowest BCUT2D eigenvalue weighted by Crippen LogP contribution is -2.36. The second-order valence-corrected chi connectivity index (χ2v) is 9.33. The summed E-state index contributed by atoms with van der Waals surface area (Å²) in [6.45, 7) is 2.57. The Morgan fingerprint density at radius 1 is 1.05 bits per heavy atom. The van der Waals surface area contributed by atoms with Gasteiger partial charge in [-0.25, -0.2) is 4.79 Å². The molecular weight excluding hydrogens is 472 g/mol. The van der Waals surface area contributed by atoms with Gasteiger partial charge in [-0.05, 0) is 49.1 Å². The number of carbonyl (C=O) groups excluding carboxylic acids is 2. The van der Waals surface area contributed by atoms with Gasteiger partial charge in [0.05, 0.1) is 18.9 Å². The second-order valence-electron chi connectivity index (χ2n) is 9.33. The number of carbonyl (C=O) groups is 3. The lowest BCUT2D eigenvalue weighted by molar-refractivity contribution is -0.137. The Morgan fingerprint density at radius 3 is 2.59 bits per heavy atom. The van der Waals surface area contributed by atoms with Gasteiger partial charge in [0, 0.05) is 30.4 Å². The van der Waals surface area contributed by atoms with Crippen LogP contribution in [0.15, 0.2) is 59.1 Å². The van der Waals surface area contributed by atoms with E-state index in [9.17, 15) is 14.4 Å². The Hall–Kier alpha value is -4.14. The number of aryl methyl sites for hydroxylation is 2. The number of likely N-dealkylation sites (tertiary alicyclic amines) is 1. The summed E-state index contributed by atoms with van der Waals surface area (Å²) in [4.78, 5) is 38.4. The van der Waals surface area contributed by atoms with Crippen molar-refractivity contribution in [1.82, 2.24) is 10.1 Å². The lowest BCUT2D eigenvalue weighted by Gasteiger charge is -2.28. The number of benzene rings is 2. The summed E-state index contributed by atoms with van der Waals surface area (Å²) in [5, 5.41) is 18.7. The highest BCUT2D eigenvalue weighted by Crippen LogP contribution is 2.31. The lowest BCUT2D eigenvalue weighted by atomic mass is 10.0. The van der Waals surface area contributed by atoms with Crippen LogP contribution in [-0.4, -0.2) is 39.6 Å². The van der Waals surface area contributed by atoms with E-state index in [0.717, 1.165) is 42.5 Å². The van der Waals surface area contributed by atoms with Crippen LogP contribution in [0.1, 0.15) is 60.7 Å². The van der Waals surface area contributed by atoms with E-state index < -0.39 is 5.97 Å². The van der Waals surface area contributed by atoms with Crippen molar-refractivity contribution < 1.29 is 24.0 Å². The highest BCUT2D eigenvalue weighted by atomic mass is 16.5. The molecule has 1 aliphatic heterocycles. The number of nitrogens with zero attached hydrogens (tertiary/aromatic N) is 2. The first-order valence-corrected chi connectivity index (χ1v) is 12.6. The van der Waals surface area contributed by atoms with E-state index in [-0.39, 0.29) is 37.2 Å². The van der Waals surface area contributed by atoms with Crippen LogP contribution in [0.2, 0.25) is 0 Å². The fourth-order valence-corrected chi connectivity index (χ4v) is 4.53. The molecule has 3 N–H and O–H groups in total. The molecule has 1 saturated heterocycles. The molecule has 2 aromatic carbocycles. The third-order valence-corrected chi connectivity index (χ3v) is 6.54. The second kappa shape index (κ2) is 12.2. The number of anilines is 2. The number of carboxylic acid groups (broad SMARTS) is 1. The maximum atomic E-state index is 13.3. The molecular formula is C28H32N4O5. The zero-order valence-electron chi connectivity index (χ0n) is 20.9. The number of hydrogen-bond acceptors (Lipinski definition) is 5. The normalized spacial score (nSPS) is 15.6. The maximum absolute atomic E-state index is 13.3. The number of nitrogens with one attached hydrogen (secondary N) is 2. The largest absolute Gasteiger partial charge is 0.481 e. The van der Waals surface area contributed by atoms with Crippen LogP contribution in [-0.2, 0) is 22.4 Å². The third-order valence-electron chi connectivity index (χ3n) is 6.54. The molecule has 1 aromatic heterocycles. The molecule has 194 valence electrons. The van der Waals surface area contributed by atoms with Gasteiger partial charge in [-0.1, -0.05) is 48.3 Å². The van der Waals surface area contributed by atoms with Crippen LogP contribution < -0.4 is 10.6 Å². The highest BCUT2D eigenvalue weighted by molar-refractivity contribution is 6.00. The monoisotopic (exact) mass is 504 g/mol. The SMILES string of the molecule is Cc1ccccc1NC(=O)Nc1ccc(CC(=O)N2CCCCCC2c2cc(CCC(=O)O)on2)cc1. The van der Waals surface area contributed by atoms with Crippen molar-refractivity contribution in [2.24, 2.45) is 0 Å². The van der Waals surface area contributed by atoms with Crippen LogP contribution in [0.3, 0.4) is 0 Å². The van der Waals surface area contributed by atoms with Crippen molar-refractivity contribution in [1.29, 1.82) is 0 Å². The molecule has 1 aliphatic rings. The van der Waals surface area contributed by atoms with E-state index >= 15 is 0 Å². The van der Waals surface area contributed by atoms with Crippen molar-refractivity contribution in [3.05, 3.63) is 77.2 Å². The Balaban J connectivity index is 1.37. The van der Waals surface area contributed by atoms with Crippen LogP contribution in [0, 0.1) is 6.92 Å². The summed E-state index contributed by atoms with van der Waals surface area (Å²) in [7, 11) is 0. The highest BCUT2D eigenvalue weighted by Gasteiger charge is 2.29. The number of hydrogen-bond donors (Lipinski definition) is 3. The van der Waals surface area contributed by atoms with Gasteiger partial charge >= 0.3 is 12.0 Å². The van der Waals surface area contributed by atoms with Crippen LogP contribution in [0.5, 0.6) is 0 Å². The summed E-state index contributed by atoms with van der Waals surface area (Å²) in [5.74, 6) is -0.374. The van der Waals surface area contributed by atoms with Crippen LogP contribution in [0.25, 0.3) is 0 Å². The topological polar surface area (TPSA) is 125 Å². The Labute approximate surface area is 215 Å². The minimum Gasteiger partial charge on any atom is -0.481 e. The van der Waals surface area contributed by atoms with E-state index in [1.807, 2.05) is 48.2 Å². The number of carboxylic acids is 1. The van der Waals surface area contributed by atoms with Crippen LogP contribution >= 0.6 is 0 Å². The zero-order valence-corrected chi connectivity index (χ0v) is 20.9. The number of amides is 3. The smallest absolute Gasteiger partial charge is 0.323 e. The first-order valence-electron chi connectivity index (χ1n) is 12.6. The third kappa shape index (κ3) is 7.19. The van der Waals surface area contributed by atoms with E-state index in [1.165, 1.54) is 0 Å². The Kier molecular flexibility index (Phi) is 8.56. The van der Waals surface area contributed by atoms with Crippen molar-refractivity contribution >= 4 is 29.3 Å². The van der Waals surface area contributed by atoms with Crippen molar-refractivity contribution in [2.45, 2.75) is 57.9 Å². The molecule has 37 heavy (non-hydrogen) atoms. The van der Waals surface area contributed by atoms with E-state index in [2.05, 4.69) is 15.8 Å². The number of para-hydroxylation sites is 1. The van der Waals surface area contributed by atoms with E-state index in [4.69, 9.17) is 9.63 Å². The van der Waals surface area contributed by atoms with Gasteiger partial charge in [0.25, 0.3) is 0 Å². The van der Waals surface area contributed by atoms with Gasteiger partial charge < -0.3 is 25.2 Å². The molecule has 3 amide bonds. The molecule has 9 nitrogen and oxygen atoms in total. The van der Waals surface area contributed by atoms with Gasteiger partial charge in [-0.3, -0.25) is 9.59 Å². The maximum Gasteiger partial charge on any atom is 0.323 e. The van der Waals surface area contributed by atoms with E-state index in [0.29, 0.717) is 23.7 Å². The average molecular weight is 505 g/mol. The quantitative estimate of drug-likeness (QED) is 0.381. The summed E-state index contributed by atoms with van der Waals surface area (Å²) >= 11 is 0. The minimum atomic E-state index is -0.891.